The summed E-state index contributed by atoms with van der Waals surface area (Å²) in [5.41, 5.74) is 0.433. The zero-order chi connectivity index (χ0) is 24.2. The number of methoxy groups -OCH3 is 1. The molecule has 0 saturated heterocycles. The molecular formula is C23H17IN4O6. The molecule has 3 aromatic carbocycles. The van der Waals surface area contributed by atoms with E-state index in [-0.39, 0.29) is 12.3 Å². The van der Waals surface area contributed by atoms with Crippen LogP contribution < -0.4 is 20.7 Å². The van der Waals surface area contributed by atoms with E-state index in [2.05, 4.69) is 32.7 Å². The summed E-state index contributed by atoms with van der Waals surface area (Å²) in [6, 6.07) is 16.3. The first-order valence-electron chi connectivity index (χ1n) is 9.89. The van der Waals surface area contributed by atoms with Crippen molar-refractivity contribution in [2.45, 2.75) is 6.61 Å². The van der Waals surface area contributed by atoms with Crippen LogP contribution in [0.15, 0.2) is 75.4 Å². The molecule has 0 aliphatic rings. The Hall–Kier alpha value is -4.00. The van der Waals surface area contributed by atoms with E-state index in [4.69, 9.17) is 9.47 Å². The van der Waals surface area contributed by atoms with Crippen molar-refractivity contribution in [2.24, 2.45) is 5.10 Å². The lowest BCUT2D eigenvalue weighted by atomic mass is 10.2. The fraction of sp³-hybridized carbons (Fsp3) is 0.0870. The van der Waals surface area contributed by atoms with Crippen molar-refractivity contribution in [3.63, 3.8) is 0 Å². The van der Waals surface area contributed by atoms with E-state index in [0.29, 0.717) is 37.1 Å². The number of hydrogen-bond acceptors (Lipinski definition) is 7. The van der Waals surface area contributed by atoms with Crippen molar-refractivity contribution in [1.29, 1.82) is 0 Å². The van der Waals surface area contributed by atoms with Gasteiger partial charge in [0.1, 0.15) is 6.61 Å². The maximum Gasteiger partial charge on any atom is 0.349 e. The van der Waals surface area contributed by atoms with Crippen LogP contribution in [0.25, 0.3) is 10.9 Å². The molecule has 11 heteroatoms. The van der Waals surface area contributed by atoms with E-state index in [0.717, 1.165) is 4.68 Å². The molecule has 0 saturated carbocycles. The number of halogens is 1. The molecule has 10 nitrogen and oxygen atoms in total. The molecule has 0 bridgehead atoms. The molecule has 0 radical (unpaired) electrons. The molecule has 1 heterocycles. The Bertz CT molecular complexity index is 1540. The second-order valence-corrected chi connectivity index (χ2v) is 8.25. The van der Waals surface area contributed by atoms with Gasteiger partial charge in [-0.25, -0.2) is 4.79 Å². The van der Waals surface area contributed by atoms with Crippen LogP contribution in [0.3, 0.4) is 0 Å². The van der Waals surface area contributed by atoms with Crippen LogP contribution in [0.5, 0.6) is 11.5 Å². The molecular weight excluding hydrogens is 555 g/mol. The zero-order valence-corrected chi connectivity index (χ0v) is 19.9. The second-order valence-electron chi connectivity index (χ2n) is 7.09. The molecule has 1 N–H and O–H groups in total. The van der Waals surface area contributed by atoms with Gasteiger partial charge in [0.05, 0.1) is 32.7 Å². The van der Waals surface area contributed by atoms with Gasteiger partial charge < -0.3 is 14.5 Å². The number of ether oxygens (including phenoxy) is 2. The van der Waals surface area contributed by atoms with Crippen molar-refractivity contribution in [3.05, 3.63) is 106 Å². The molecule has 34 heavy (non-hydrogen) atoms. The lowest BCUT2D eigenvalue weighted by molar-refractivity contribution is -0.384. The molecule has 4 rings (SSSR count). The Morgan fingerprint density at radius 2 is 1.94 bits per heavy atom. The molecule has 0 aliphatic carbocycles. The topological polar surface area (TPSA) is 129 Å². The lowest BCUT2D eigenvalue weighted by Gasteiger charge is -2.13. The van der Waals surface area contributed by atoms with Crippen LogP contribution in [0, 0.1) is 13.7 Å². The summed E-state index contributed by atoms with van der Waals surface area (Å²) >= 11 is 2.06. The normalized spacial score (nSPS) is 11.1. The van der Waals surface area contributed by atoms with Crippen LogP contribution in [-0.2, 0) is 6.61 Å². The average Bonchev–Trinajstić information content (AvgIpc) is 2.83. The Balaban J connectivity index is 1.61. The maximum atomic E-state index is 12.6. The number of nitrogens with one attached hydrogen (secondary N) is 1. The first-order valence-corrected chi connectivity index (χ1v) is 11.0. The minimum atomic E-state index is -0.654. The molecule has 0 unspecified atom stereocenters. The minimum Gasteiger partial charge on any atom is -0.493 e. The van der Waals surface area contributed by atoms with Gasteiger partial charge in [0.25, 0.3) is 11.2 Å². The number of para-hydroxylation sites is 1. The Labute approximate surface area is 205 Å². The summed E-state index contributed by atoms with van der Waals surface area (Å²) in [7, 11) is 1.48. The summed E-state index contributed by atoms with van der Waals surface area (Å²) in [6.07, 6.45) is 1.38. The fourth-order valence-electron chi connectivity index (χ4n) is 3.25. The molecule has 4 aromatic rings. The van der Waals surface area contributed by atoms with Gasteiger partial charge in [-0.05, 0) is 58.0 Å². The number of nitrogens with zero attached hydrogens (tertiary/aromatic N) is 3. The van der Waals surface area contributed by atoms with E-state index < -0.39 is 16.2 Å². The summed E-state index contributed by atoms with van der Waals surface area (Å²) < 4.78 is 12.8. The predicted molar refractivity (Wildman–Crippen MR) is 135 cm³/mol. The SMILES string of the molecule is COc1cc(C=Nn2c(=O)[nH]c3ccccc3c2=O)cc(I)c1OCc1cccc([N+](=O)[O-])c1. The number of aromatic nitrogens is 2. The van der Waals surface area contributed by atoms with E-state index in [1.807, 2.05) is 0 Å². The van der Waals surface area contributed by atoms with Crippen LogP contribution in [0.4, 0.5) is 5.69 Å². The van der Waals surface area contributed by atoms with E-state index in [9.17, 15) is 19.7 Å². The van der Waals surface area contributed by atoms with Gasteiger partial charge >= 0.3 is 5.69 Å². The third kappa shape index (κ3) is 4.83. The summed E-state index contributed by atoms with van der Waals surface area (Å²) in [4.78, 5) is 38.1. The molecule has 0 atom stereocenters. The highest BCUT2D eigenvalue weighted by Gasteiger charge is 2.13. The largest absolute Gasteiger partial charge is 0.493 e. The molecule has 0 spiro atoms. The van der Waals surface area contributed by atoms with E-state index in [1.165, 1.54) is 25.5 Å². The maximum absolute atomic E-state index is 12.6. The molecule has 0 amide bonds. The number of fused-ring (bicyclic) bond motifs is 1. The van der Waals surface area contributed by atoms with E-state index in [1.54, 1.807) is 48.5 Å². The first kappa shape index (κ1) is 23.2. The third-order valence-corrected chi connectivity index (χ3v) is 5.66. The number of H-pyrrole nitrogens is 1. The second kappa shape index (κ2) is 9.87. The van der Waals surface area contributed by atoms with Gasteiger partial charge in [0, 0.05) is 12.1 Å². The fourth-order valence-corrected chi connectivity index (χ4v) is 4.03. The van der Waals surface area contributed by atoms with Crippen molar-refractivity contribution < 1.29 is 14.4 Å². The van der Waals surface area contributed by atoms with Crippen molar-refractivity contribution >= 4 is 45.4 Å². The summed E-state index contributed by atoms with van der Waals surface area (Å²) in [5, 5.41) is 15.4. The minimum absolute atomic E-state index is 0.0201. The third-order valence-electron chi connectivity index (χ3n) is 4.86. The molecule has 172 valence electrons. The first-order chi connectivity index (χ1) is 16.4. The Morgan fingerprint density at radius 1 is 1.15 bits per heavy atom. The predicted octanol–water partition coefficient (Wildman–Crippen LogP) is 3.67. The van der Waals surface area contributed by atoms with Crippen molar-refractivity contribution in [1.82, 2.24) is 9.66 Å². The highest BCUT2D eigenvalue weighted by Crippen LogP contribution is 2.34. The molecule has 1 aromatic heterocycles. The number of benzene rings is 3. The number of non-ortho nitro benzene ring substituents is 1. The summed E-state index contributed by atoms with van der Waals surface area (Å²) in [5.74, 6) is 0.853. The van der Waals surface area contributed by atoms with E-state index >= 15 is 0 Å². The Morgan fingerprint density at radius 3 is 2.71 bits per heavy atom. The highest BCUT2D eigenvalue weighted by molar-refractivity contribution is 14.1. The van der Waals surface area contributed by atoms with Gasteiger partial charge in [-0.15, -0.1) is 4.68 Å². The lowest BCUT2D eigenvalue weighted by Crippen LogP contribution is -2.32. The molecule has 0 fully saturated rings. The highest BCUT2D eigenvalue weighted by atomic mass is 127. The van der Waals surface area contributed by atoms with Crippen LogP contribution >= 0.6 is 22.6 Å². The smallest absolute Gasteiger partial charge is 0.349 e. The van der Waals surface area contributed by atoms with Crippen molar-refractivity contribution in [2.75, 3.05) is 7.11 Å². The monoisotopic (exact) mass is 572 g/mol. The quantitative estimate of drug-likeness (QED) is 0.156. The number of aromatic amines is 1. The zero-order valence-electron chi connectivity index (χ0n) is 17.7. The van der Waals surface area contributed by atoms with Crippen LogP contribution in [0.1, 0.15) is 11.1 Å². The van der Waals surface area contributed by atoms with Crippen LogP contribution in [0.2, 0.25) is 0 Å². The number of nitro benzene ring substituents is 1. The number of hydrogen-bond donors (Lipinski definition) is 1. The average molecular weight is 572 g/mol. The standard InChI is InChI=1S/C23H17IN4O6/c1-33-20-11-15(12-25-27-22(29)17-7-2-3-8-19(17)26-23(27)30)10-18(24)21(20)34-13-14-5-4-6-16(9-14)28(31)32/h2-12H,13H2,1H3,(H,26,30). The summed E-state index contributed by atoms with van der Waals surface area (Å²) in [6.45, 7) is 0.101. The van der Waals surface area contributed by atoms with Gasteiger partial charge in [-0.3, -0.25) is 14.9 Å². The van der Waals surface area contributed by atoms with Crippen LogP contribution in [-0.4, -0.2) is 27.9 Å². The van der Waals surface area contributed by atoms with Gasteiger partial charge in [0.15, 0.2) is 11.5 Å². The number of rotatable bonds is 7. The Kier molecular flexibility index (Phi) is 6.72. The van der Waals surface area contributed by atoms with Gasteiger partial charge in [-0.2, -0.15) is 5.10 Å². The van der Waals surface area contributed by atoms with Gasteiger partial charge in [-0.1, -0.05) is 24.3 Å². The van der Waals surface area contributed by atoms with Crippen molar-refractivity contribution in [3.8, 4) is 11.5 Å². The van der Waals surface area contributed by atoms with Gasteiger partial charge in [0.2, 0.25) is 0 Å². The number of nitro groups is 1. The molecule has 0 aliphatic heterocycles.